The highest BCUT2D eigenvalue weighted by Gasteiger charge is 2.55. The predicted octanol–water partition coefficient (Wildman–Crippen LogP) is 1.52. The molecule has 0 bridgehead atoms. The molecule has 11 atom stereocenters. The Labute approximate surface area is 388 Å². The Morgan fingerprint density at radius 3 is 2.16 bits per heavy atom. The van der Waals surface area contributed by atoms with Crippen LogP contribution in [0.2, 0.25) is 0 Å². The van der Waals surface area contributed by atoms with E-state index < -0.39 is 116 Å². The lowest BCUT2D eigenvalue weighted by Crippen LogP contribution is -2.59. The summed E-state index contributed by atoms with van der Waals surface area (Å²) >= 11 is 0. The number of nitrogens with one attached hydrogen (secondary N) is 2. The van der Waals surface area contributed by atoms with Gasteiger partial charge in [-0.1, -0.05) is 84.9 Å². The smallest absolute Gasteiger partial charge is 0.338 e. The molecule has 3 aliphatic rings. The van der Waals surface area contributed by atoms with E-state index in [-0.39, 0.29) is 37.0 Å². The Hall–Kier alpha value is -5.38. The van der Waals surface area contributed by atoms with Gasteiger partial charge in [0.2, 0.25) is 17.6 Å². The van der Waals surface area contributed by atoms with Crippen LogP contribution in [0.4, 0.5) is 0 Å². The summed E-state index contributed by atoms with van der Waals surface area (Å²) in [7, 11) is 0. The van der Waals surface area contributed by atoms with Gasteiger partial charge in [0, 0.05) is 29.5 Å². The number of carbonyl (C=O) groups is 4. The first-order chi connectivity index (χ1) is 31.9. The molecule has 8 N–H and O–H groups in total. The van der Waals surface area contributed by atoms with Crippen molar-refractivity contribution in [2.75, 3.05) is 19.8 Å². The summed E-state index contributed by atoms with van der Waals surface area (Å²) in [5, 5.41) is 65.8. The molecule has 2 heterocycles. The van der Waals surface area contributed by atoms with Crippen LogP contribution in [0.15, 0.2) is 103 Å². The SMILES string of the molecule is C[C@H](O)[C@@H](NC(=O)C1=C[C@H]2OC(c3ccccc3)(c3ccccc3)O[C@H]2[C@H](OC(=O)c2cccc(C=CCO[C@H]3O[C@H](CO)[C@H](O)[C@H](O)[C@H]3O)c2)C1)C(=O)N[C@H](CO)CCC(=O)OC(C)(C)C. The van der Waals surface area contributed by atoms with Crippen molar-refractivity contribution in [3.05, 3.63) is 125 Å². The molecule has 18 nitrogen and oxygen atoms in total. The zero-order valence-electron chi connectivity index (χ0n) is 37.7. The van der Waals surface area contributed by atoms with Crippen molar-refractivity contribution in [1.82, 2.24) is 10.6 Å². The van der Waals surface area contributed by atoms with Gasteiger partial charge in [-0.05, 0) is 57.9 Å². The van der Waals surface area contributed by atoms with Crippen LogP contribution in [0.3, 0.4) is 0 Å². The van der Waals surface area contributed by atoms with Gasteiger partial charge in [0.1, 0.15) is 54.4 Å². The molecule has 18 heteroatoms. The monoisotopic (exact) mass is 932 g/mol. The normalized spacial score (nSPS) is 26.1. The maximum absolute atomic E-state index is 14.2. The third-order valence-corrected chi connectivity index (χ3v) is 11.3. The zero-order valence-corrected chi connectivity index (χ0v) is 37.7. The lowest BCUT2D eigenvalue weighted by atomic mass is 9.91. The number of hydrogen-bond donors (Lipinski definition) is 8. The predicted molar refractivity (Wildman–Crippen MR) is 238 cm³/mol. The number of ether oxygens (including phenoxy) is 6. The van der Waals surface area contributed by atoms with E-state index >= 15 is 0 Å². The Balaban J connectivity index is 1.21. The molecule has 1 aliphatic carbocycles. The molecule has 2 fully saturated rings. The summed E-state index contributed by atoms with van der Waals surface area (Å²) in [4.78, 5) is 54.1. The molecule has 6 rings (SSSR count). The first kappa shape index (κ1) is 51.0. The maximum atomic E-state index is 14.2. The standard InChI is InChI=1S/C49H60N2O16/c1-28(54)39(45(60)50-34(26-52)20-21-38(55)66-48(2,3)4)51-44(59)31-24-35(43-36(25-31)65-49(67-43,32-16-7-5-8-17-32)33-18-9-6-10-19-33)63-46(61)30-15-11-13-29(23-30)14-12-22-62-47-42(58)41(57)40(56)37(27-53)64-47/h5-19,23,25,28,34-37,39-43,47,52-54,56-58H,20-22,24,26-27H2,1-4H3,(H,50,60)(H,51,59)/t28-,34-,35+,36+,37+,39+,40-,41-,42+,43-,47-/m0/s1. The molecule has 0 unspecified atom stereocenters. The number of rotatable bonds is 18. The average Bonchev–Trinajstić information content (AvgIpc) is 3.72. The van der Waals surface area contributed by atoms with Gasteiger partial charge in [0.25, 0.3) is 0 Å². The molecule has 2 amide bonds. The number of benzene rings is 3. The van der Waals surface area contributed by atoms with E-state index in [4.69, 9.17) is 28.4 Å². The quantitative estimate of drug-likeness (QED) is 0.0841. The molecule has 362 valence electrons. The molecule has 2 saturated heterocycles. The summed E-state index contributed by atoms with van der Waals surface area (Å²) in [6.07, 6.45) is -7.16. The van der Waals surface area contributed by atoms with Crippen molar-refractivity contribution in [3.8, 4) is 0 Å². The minimum absolute atomic E-state index is 0.0277. The van der Waals surface area contributed by atoms with E-state index in [1.165, 1.54) is 13.0 Å². The number of aliphatic hydroxyl groups excluding tert-OH is 6. The van der Waals surface area contributed by atoms with Crippen LogP contribution in [0, 0.1) is 0 Å². The fourth-order valence-electron chi connectivity index (χ4n) is 7.93. The van der Waals surface area contributed by atoms with Crippen molar-refractivity contribution in [1.29, 1.82) is 0 Å². The Bertz CT molecular complexity index is 2170. The van der Waals surface area contributed by atoms with E-state index in [2.05, 4.69) is 10.6 Å². The molecule has 0 aromatic heterocycles. The minimum Gasteiger partial charge on any atom is -0.460 e. The van der Waals surface area contributed by atoms with E-state index in [9.17, 15) is 49.8 Å². The summed E-state index contributed by atoms with van der Waals surface area (Å²) in [5.74, 6) is -4.38. The second-order valence-electron chi connectivity index (χ2n) is 17.6. The number of esters is 2. The van der Waals surface area contributed by atoms with Gasteiger partial charge in [-0.15, -0.1) is 0 Å². The van der Waals surface area contributed by atoms with E-state index in [1.54, 1.807) is 57.2 Å². The Kier molecular flexibility index (Phi) is 17.2. The van der Waals surface area contributed by atoms with Crippen LogP contribution in [0.1, 0.15) is 74.0 Å². The van der Waals surface area contributed by atoms with Gasteiger partial charge in [-0.2, -0.15) is 0 Å². The van der Waals surface area contributed by atoms with Gasteiger partial charge in [0.05, 0.1) is 37.5 Å². The number of carbonyl (C=O) groups excluding carboxylic acids is 4. The fraction of sp³-hybridized carbons (Fsp3) is 0.469. The van der Waals surface area contributed by atoms with E-state index in [0.29, 0.717) is 16.7 Å². The van der Waals surface area contributed by atoms with Crippen molar-refractivity contribution in [2.24, 2.45) is 0 Å². The topological polar surface area (TPSA) is 269 Å². The minimum atomic E-state index is -1.60. The molecule has 3 aromatic rings. The molecule has 2 aliphatic heterocycles. The average molecular weight is 933 g/mol. The van der Waals surface area contributed by atoms with Gasteiger partial charge in [-0.3, -0.25) is 14.4 Å². The van der Waals surface area contributed by atoms with Gasteiger partial charge >= 0.3 is 11.9 Å². The molecule has 0 spiro atoms. The summed E-state index contributed by atoms with van der Waals surface area (Å²) in [5.41, 5.74) is 1.29. The highest BCUT2D eigenvalue weighted by atomic mass is 16.8. The van der Waals surface area contributed by atoms with E-state index in [1.807, 2.05) is 60.7 Å². The lowest BCUT2D eigenvalue weighted by Gasteiger charge is -2.39. The number of amides is 2. The molecular formula is C49H60N2O16. The van der Waals surface area contributed by atoms with Crippen molar-refractivity contribution < 1.29 is 78.2 Å². The molecule has 0 saturated carbocycles. The second-order valence-corrected chi connectivity index (χ2v) is 17.6. The second kappa shape index (κ2) is 22.6. The van der Waals surface area contributed by atoms with Gasteiger partial charge in [0.15, 0.2) is 6.29 Å². The molecular weight excluding hydrogens is 873 g/mol. The van der Waals surface area contributed by atoms with Crippen LogP contribution in [-0.2, 0) is 48.6 Å². The Morgan fingerprint density at radius 1 is 0.881 bits per heavy atom. The number of aliphatic hydroxyl groups is 6. The maximum Gasteiger partial charge on any atom is 0.338 e. The van der Waals surface area contributed by atoms with Crippen LogP contribution < -0.4 is 10.6 Å². The molecule has 0 radical (unpaired) electrons. The van der Waals surface area contributed by atoms with Crippen LogP contribution in [0.25, 0.3) is 6.08 Å². The number of hydrogen-bond acceptors (Lipinski definition) is 16. The van der Waals surface area contributed by atoms with Gasteiger partial charge < -0.3 is 69.7 Å². The fourth-order valence-corrected chi connectivity index (χ4v) is 7.93. The summed E-state index contributed by atoms with van der Waals surface area (Å²) in [6, 6.07) is 22.3. The van der Waals surface area contributed by atoms with Crippen molar-refractivity contribution in [3.63, 3.8) is 0 Å². The highest BCUT2D eigenvalue weighted by molar-refractivity contribution is 5.98. The zero-order chi connectivity index (χ0) is 48.5. The van der Waals surface area contributed by atoms with Crippen molar-refractivity contribution >= 4 is 29.8 Å². The summed E-state index contributed by atoms with van der Waals surface area (Å²) in [6.45, 7) is 5.21. The third kappa shape index (κ3) is 12.8. The van der Waals surface area contributed by atoms with Gasteiger partial charge in [-0.25, -0.2) is 4.79 Å². The van der Waals surface area contributed by atoms with Crippen LogP contribution >= 0.6 is 0 Å². The van der Waals surface area contributed by atoms with Crippen LogP contribution in [-0.4, -0.2) is 147 Å². The molecule has 67 heavy (non-hydrogen) atoms. The Morgan fingerprint density at radius 2 is 1.55 bits per heavy atom. The van der Waals surface area contributed by atoms with Crippen LogP contribution in [0.5, 0.6) is 0 Å². The van der Waals surface area contributed by atoms with E-state index in [0.717, 1.165) is 0 Å². The summed E-state index contributed by atoms with van der Waals surface area (Å²) < 4.78 is 36.0. The lowest BCUT2D eigenvalue weighted by molar-refractivity contribution is -0.298. The first-order valence-corrected chi connectivity index (χ1v) is 22.1. The third-order valence-electron chi connectivity index (χ3n) is 11.3. The highest BCUT2D eigenvalue weighted by Crippen LogP contribution is 2.47. The number of fused-ring (bicyclic) bond motifs is 1. The van der Waals surface area contributed by atoms with Crippen molar-refractivity contribution in [2.45, 2.75) is 126 Å². The molecule has 3 aromatic carbocycles. The largest absolute Gasteiger partial charge is 0.460 e. The first-order valence-electron chi connectivity index (χ1n) is 22.1.